The fourth-order valence-corrected chi connectivity index (χ4v) is 6.59. The second-order valence-corrected chi connectivity index (χ2v) is 11.2. The van der Waals surface area contributed by atoms with Gasteiger partial charge in [-0.1, -0.05) is 60.8 Å². The summed E-state index contributed by atoms with van der Waals surface area (Å²) >= 11 is 6.13. The largest absolute Gasteiger partial charge is 0.349 e. The van der Waals surface area contributed by atoms with E-state index in [0.29, 0.717) is 37.3 Å². The second kappa shape index (κ2) is 11.3. The van der Waals surface area contributed by atoms with E-state index in [1.807, 2.05) is 18.2 Å². The molecule has 3 unspecified atom stereocenters. The molecular weight excluding hydrogens is 477 g/mol. The molecule has 2 aromatic carbocycles. The number of likely N-dealkylation sites (tertiary alicyclic amines) is 2. The van der Waals surface area contributed by atoms with Gasteiger partial charge in [-0.05, 0) is 54.7 Å². The van der Waals surface area contributed by atoms with Crippen LogP contribution >= 0.6 is 11.6 Å². The maximum absolute atomic E-state index is 14.3. The van der Waals surface area contributed by atoms with Crippen LogP contribution in [0.2, 0.25) is 5.02 Å². The van der Waals surface area contributed by atoms with E-state index in [2.05, 4.69) is 22.3 Å². The average molecular weight is 512 g/mol. The molecule has 5 rings (SSSR count). The zero-order valence-corrected chi connectivity index (χ0v) is 21.4. The van der Waals surface area contributed by atoms with Gasteiger partial charge in [-0.2, -0.15) is 0 Å². The van der Waals surface area contributed by atoms with Crippen LogP contribution in [0.3, 0.4) is 0 Å². The van der Waals surface area contributed by atoms with Gasteiger partial charge < -0.3 is 15.1 Å². The van der Waals surface area contributed by atoms with Gasteiger partial charge in [0, 0.05) is 39.1 Å². The van der Waals surface area contributed by atoms with Gasteiger partial charge in [0.05, 0.1) is 16.6 Å². The summed E-state index contributed by atoms with van der Waals surface area (Å²) in [5, 5.41) is 3.49. The number of amides is 2. The lowest BCUT2D eigenvalue weighted by Crippen LogP contribution is -2.36. The van der Waals surface area contributed by atoms with Gasteiger partial charge in [-0.25, -0.2) is 4.39 Å². The number of nitrogens with one attached hydrogen (secondary N) is 1. The molecule has 2 saturated heterocycles. The van der Waals surface area contributed by atoms with Crippen molar-refractivity contribution < 1.29 is 14.0 Å². The molecule has 2 amide bonds. The predicted octanol–water partition coefficient (Wildman–Crippen LogP) is 5.31. The molecule has 1 N–H and O–H groups in total. The number of halogens is 2. The van der Waals surface area contributed by atoms with E-state index >= 15 is 0 Å². The first-order valence-electron chi connectivity index (χ1n) is 13.3. The zero-order valence-electron chi connectivity index (χ0n) is 20.7. The minimum atomic E-state index is -0.562. The lowest BCUT2D eigenvalue weighted by molar-refractivity contribution is -0.122. The summed E-state index contributed by atoms with van der Waals surface area (Å²) in [5.41, 5.74) is 1.13. The predicted molar refractivity (Wildman–Crippen MR) is 139 cm³/mol. The number of nitrogens with zero attached hydrogens (tertiary/aromatic N) is 2. The molecule has 5 nitrogen and oxygen atoms in total. The molecule has 1 aliphatic carbocycles. The molecule has 36 heavy (non-hydrogen) atoms. The molecule has 2 aliphatic heterocycles. The van der Waals surface area contributed by atoms with Crippen molar-refractivity contribution in [2.75, 3.05) is 32.7 Å². The smallest absolute Gasteiger partial charge is 0.258 e. The molecular formula is C29H35ClFN3O2. The fourth-order valence-electron chi connectivity index (χ4n) is 6.35. The van der Waals surface area contributed by atoms with Crippen molar-refractivity contribution in [1.82, 2.24) is 15.1 Å². The lowest BCUT2D eigenvalue weighted by atomic mass is 10.0. The van der Waals surface area contributed by atoms with E-state index in [-0.39, 0.29) is 28.4 Å². The number of carbonyl (C=O) groups excluding carboxylic acids is 2. The van der Waals surface area contributed by atoms with Crippen LogP contribution in [0.25, 0.3) is 0 Å². The maximum Gasteiger partial charge on any atom is 0.258 e. The van der Waals surface area contributed by atoms with Gasteiger partial charge in [0.15, 0.2) is 0 Å². The number of hydrogen-bond donors (Lipinski definition) is 1. The highest BCUT2D eigenvalue weighted by atomic mass is 35.5. The molecule has 1 saturated carbocycles. The van der Waals surface area contributed by atoms with Gasteiger partial charge in [0.2, 0.25) is 5.91 Å². The fraction of sp³-hybridized carbons (Fsp3) is 0.517. The third-order valence-electron chi connectivity index (χ3n) is 8.25. The van der Waals surface area contributed by atoms with Crippen LogP contribution in [0, 0.1) is 23.6 Å². The minimum Gasteiger partial charge on any atom is -0.349 e. The Labute approximate surface area is 218 Å². The van der Waals surface area contributed by atoms with Gasteiger partial charge in [0.1, 0.15) is 5.82 Å². The molecule has 0 aromatic heterocycles. The van der Waals surface area contributed by atoms with Crippen LogP contribution in [0.15, 0.2) is 48.5 Å². The Morgan fingerprint density at radius 3 is 2.33 bits per heavy atom. The van der Waals surface area contributed by atoms with Crippen LogP contribution in [-0.2, 0) is 4.79 Å². The molecule has 3 atom stereocenters. The molecule has 0 bridgehead atoms. The average Bonchev–Trinajstić information content (AvgIpc) is 3.59. The summed E-state index contributed by atoms with van der Waals surface area (Å²) < 4.78 is 14.3. The number of fused-ring (bicyclic) bond motifs is 1. The molecule has 2 heterocycles. The van der Waals surface area contributed by atoms with Gasteiger partial charge >= 0.3 is 0 Å². The molecule has 3 aliphatic rings. The monoisotopic (exact) mass is 511 g/mol. The summed E-state index contributed by atoms with van der Waals surface area (Å²) in [6.07, 6.45) is 6.31. The first kappa shape index (κ1) is 25.2. The van der Waals surface area contributed by atoms with Crippen LogP contribution in [0.5, 0.6) is 0 Å². The topological polar surface area (TPSA) is 52.7 Å². The van der Waals surface area contributed by atoms with E-state index < -0.39 is 5.82 Å². The Morgan fingerprint density at radius 1 is 0.972 bits per heavy atom. The number of rotatable bonds is 8. The Morgan fingerprint density at radius 2 is 1.67 bits per heavy atom. The van der Waals surface area contributed by atoms with Crippen molar-refractivity contribution in [2.24, 2.45) is 17.8 Å². The van der Waals surface area contributed by atoms with E-state index in [1.54, 1.807) is 11.0 Å². The van der Waals surface area contributed by atoms with Crippen molar-refractivity contribution in [3.05, 3.63) is 70.5 Å². The molecule has 3 fully saturated rings. The Kier molecular flexibility index (Phi) is 7.92. The molecule has 192 valence electrons. The van der Waals surface area contributed by atoms with Crippen molar-refractivity contribution in [3.63, 3.8) is 0 Å². The zero-order chi connectivity index (χ0) is 25.1. The normalized spacial score (nSPS) is 23.1. The summed E-state index contributed by atoms with van der Waals surface area (Å²) in [6, 6.07) is 14.6. The highest BCUT2D eigenvalue weighted by Gasteiger charge is 2.42. The van der Waals surface area contributed by atoms with E-state index in [4.69, 9.17) is 11.6 Å². The summed E-state index contributed by atoms with van der Waals surface area (Å²) in [7, 11) is 0. The van der Waals surface area contributed by atoms with Gasteiger partial charge in [0.25, 0.3) is 5.91 Å². The number of carbonyl (C=O) groups is 2. The van der Waals surface area contributed by atoms with Gasteiger partial charge in [-0.15, -0.1) is 0 Å². The van der Waals surface area contributed by atoms with E-state index in [0.717, 1.165) is 31.6 Å². The first-order valence-corrected chi connectivity index (χ1v) is 13.7. The first-order chi connectivity index (χ1) is 17.5. The van der Waals surface area contributed by atoms with Crippen molar-refractivity contribution in [2.45, 2.75) is 44.6 Å². The summed E-state index contributed by atoms with van der Waals surface area (Å²) in [6.45, 7) is 3.98. The molecule has 0 radical (unpaired) electrons. The standard InChI is InChI=1S/C29H35ClFN3O2/c30-24-11-6-12-25(31)28(24)29(36)34-18-22-16-33(17-23(22)19-34)14-13-26(21-9-2-1-3-10-21)32-27(35)15-20-7-4-5-8-20/h1-3,6,9-12,20,22-23,26H,4-5,7-8,13-19H2,(H,32,35). The Balaban J connectivity index is 1.15. The van der Waals surface area contributed by atoms with Crippen LogP contribution < -0.4 is 5.32 Å². The molecule has 7 heteroatoms. The van der Waals surface area contributed by atoms with E-state index in [1.165, 1.54) is 37.8 Å². The van der Waals surface area contributed by atoms with Crippen molar-refractivity contribution in [3.8, 4) is 0 Å². The van der Waals surface area contributed by atoms with E-state index in [9.17, 15) is 14.0 Å². The Hall–Kier alpha value is -2.44. The van der Waals surface area contributed by atoms with Crippen LogP contribution in [-0.4, -0.2) is 54.3 Å². The highest BCUT2D eigenvalue weighted by Crippen LogP contribution is 2.34. The lowest BCUT2D eigenvalue weighted by Gasteiger charge is -2.25. The number of benzene rings is 2. The molecule has 0 spiro atoms. The Bertz CT molecular complexity index is 1040. The molecule has 2 aromatic rings. The van der Waals surface area contributed by atoms with Crippen molar-refractivity contribution >= 4 is 23.4 Å². The SMILES string of the molecule is O=C(CC1CCCC1)NC(CCN1CC2CN(C(=O)c3c(F)cccc3Cl)CC2C1)c1ccccc1. The number of hydrogen-bond acceptors (Lipinski definition) is 3. The van der Waals surface area contributed by atoms with Crippen molar-refractivity contribution in [1.29, 1.82) is 0 Å². The second-order valence-electron chi connectivity index (χ2n) is 10.8. The quantitative estimate of drug-likeness (QED) is 0.522. The third kappa shape index (κ3) is 5.76. The minimum absolute atomic E-state index is 0.00168. The summed E-state index contributed by atoms with van der Waals surface area (Å²) in [5.74, 6) is 0.582. The van der Waals surface area contributed by atoms with Crippen LogP contribution in [0.1, 0.15) is 60.5 Å². The van der Waals surface area contributed by atoms with Gasteiger partial charge in [-0.3, -0.25) is 9.59 Å². The van der Waals surface area contributed by atoms with Crippen LogP contribution in [0.4, 0.5) is 4.39 Å². The summed E-state index contributed by atoms with van der Waals surface area (Å²) in [4.78, 5) is 30.0. The maximum atomic E-state index is 14.3. The third-order valence-corrected chi connectivity index (χ3v) is 8.56. The highest BCUT2D eigenvalue weighted by molar-refractivity contribution is 6.33.